The van der Waals surface area contributed by atoms with Gasteiger partial charge in [0, 0.05) is 42.3 Å². The van der Waals surface area contributed by atoms with E-state index in [4.69, 9.17) is 0 Å². The second kappa shape index (κ2) is 6.27. The van der Waals surface area contributed by atoms with E-state index in [9.17, 15) is 4.79 Å². The minimum absolute atomic E-state index is 0.170. The van der Waals surface area contributed by atoms with Crippen LogP contribution in [0.5, 0.6) is 0 Å². The van der Waals surface area contributed by atoms with Gasteiger partial charge in [-0.25, -0.2) is 0 Å². The predicted octanol–water partition coefficient (Wildman–Crippen LogP) is 3.15. The molecule has 0 spiro atoms. The molecule has 2 aliphatic rings. The molecule has 0 unspecified atom stereocenters. The lowest BCUT2D eigenvalue weighted by molar-refractivity contribution is 0.0573. The molecule has 1 heterocycles. The molecule has 3 rings (SSSR count). The Labute approximate surface area is 129 Å². The van der Waals surface area contributed by atoms with Gasteiger partial charge in [-0.2, -0.15) is 0 Å². The first kappa shape index (κ1) is 14.1. The highest BCUT2D eigenvalue weighted by molar-refractivity contribution is 9.10. The van der Waals surface area contributed by atoms with Gasteiger partial charge in [0.2, 0.25) is 0 Å². The SMILES string of the molecule is O=C(c1ccc(Br)cc1)N1CCN(C2CCCC2)CC1. The molecule has 1 aromatic carbocycles. The number of hydrogen-bond acceptors (Lipinski definition) is 2. The van der Waals surface area contributed by atoms with Gasteiger partial charge in [0.25, 0.3) is 5.91 Å². The summed E-state index contributed by atoms with van der Waals surface area (Å²) in [7, 11) is 0. The number of halogens is 1. The fourth-order valence-corrected chi connectivity index (χ4v) is 3.60. The molecule has 1 saturated heterocycles. The monoisotopic (exact) mass is 336 g/mol. The Morgan fingerprint density at radius 3 is 2.20 bits per heavy atom. The van der Waals surface area contributed by atoms with E-state index in [1.807, 2.05) is 29.2 Å². The van der Waals surface area contributed by atoms with Crippen LogP contribution >= 0.6 is 15.9 Å². The van der Waals surface area contributed by atoms with Gasteiger partial charge in [0.1, 0.15) is 0 Å². The van der Waals surface area contributed by atoms with Gasteiger partial charge < -0.3 is 4.90 Å². The van der Waals surface area contributed by atoms with E-state index in [0.717, 1.165) is 42.3 Å². The third-order valence-corrected chi connectivity index (χ3v) is 5.06. The van der Waals surface area contributed by atoms with Crippen molar-refractivity contribution in [2.24, 2.45) is 0 Å². The smallest absolute Gasteiger partial charge is 0.253 e. The lowest BCUT2D eigenvalue weighted by Gasteiger charge is -2.38. The highest BCUT2D eigenvalue weighted by Crippen LogP contribution is 2.24. The summed E-state index contributed by atoms with van der Waals surface area (Å²) < 4.78 is 1.01. The number of hydrogen-bond donors (Lipinski definition) is 0. The quantitative estimate of drug-likeness (QED) is 0.828. The van der Waals surface area contributed by atoms with E-state index < -0.39 is 0 Å². The Kier molecular flexibility index (Phi) is 4.41. The van der Waals surface area contributed by atoms with Gasteiger partial charge >= 0.3 is 0 Å². The van der Waals surface area contributed by atoms with Crippen molar-refractivity contribution >= 4 is 21.8 Å². The molecule has 4 heteroatoms. The van der Waals surface area contributed by atoms with Gasteiger partial charge in [-0.3, -0.25) is 9.69 Å². The molecular formula is C16H21BrN2O. The zero-order chi connectivity index (χ0) is 13.9. The molecule has 0 atom stereocenters. The standard InChI is InChI=1S/C16H21BrN2O/c17-14-7-5-13(6-8-14)16(20)19-11-9-18(10-12-19)15-3-1-2-4-15/h5-8,15H,1-4,9-12H2. The van der Waals surface area contributed by atoms with Crippen LogP contribution in [0.3, 0.4) is 0 Å². The fraction of sp³-hybridized carbons (Fsp3) is 0.562. The Bertz CT molecular complexity index is 460. The lowest BCUT2D eigenvalue weighted by Crippen LogP contribution is -2.51. The van der Waals surface area contributed by atoms with E-state index in [1.165, 1.54) is 25.7 Å². The number of carbonyl (C=O) groups is 1. The molecule has 1 amide bonds. The molecule has 2 fully saturated rings. The molecule has 3 nitrogen and oxygen atoms in total. The summed E-state index contributed by atoms with van der Waals surface area (Å²) in [4.78, 5) is 17.0. The van der Waals surface area contributed by atoms with Crippen molar-refractivity contribution in [2.45, 2.75) is 31.7 Å². The van der Waals surface area contributed by atoms with Crippen LogP contribution in [0.1, 0.15) is 36.0 Å². The topological polar surface area (TPSA) is 23.6 Å². The predicted molar refractivity (Wildman–Crippen MR) is 83.9 cm³/mol. The molecule has 0 radical (unpaired) electrons. The largest absolute Gasteiger partial charge is 0.336 e. The minimum Gasteiger partial charge on any atom is -0.336 e. The average Bonchev–Trinajstić information content (AvgIpc) is 3.02. The summed E-state index contributed by atoms with van der Waals surface area (Å²) in [5, 5.41) is 0. The molecule has 1 saturated carbocycles. The number of rotatable bonds is 2. The molecule has 1 aromatic rings. The van der Waals surface area contributed by atoms with Crippen LogP contribution < -0.4 is 0 Å². The second-order valence-corrected chi connectivity index (χ2v) is 6.69. The highest BCUT2D eigenvalue weighted by Gasteiger charge is 2.28. The maximum Gasteiger partial charge on any atom is 0.253 e. The number of piperazine rings is 1. The Morgan fingerprint density at radius 1 is 1.00 bits per heavy atom. The Hall–Kier alpha value is -0.870. The summed E-state index contributed by atoms with van der Waals surface area (Å²) in [6.45, 7) is 3.80. The maximum absolute atomic E-state index is 12.4. The van der Waals surface area contributed by atoms with Crippen molar-refractivity contribution < 1.29 is 4.79 Å². The van der Waals surface area contributed by atoms with Gasteiger partial charge in [-0.05, 0) is 37.1 Å². The van der Waals surface area contributed by atoms with Crippen molar-refractivity contribution in [3.05, 3.63) is 34.3 Å². The first-order chi connectivity index (χ1) is 9.74. The van der Waals surface area contributed by atoms with Crippen LogP contribution in [0.15, 0.2) is 28.7 Å². The number of nitrogens with zero attached hydrogens (tertiary/aromatic N) is 2. The van der Waals surface area contributed by atoms with Crippen LogP contribution in [0.25, 0.3) is 0 Å². The highest BCUT2D eigenvalue weighted by atomic mass is 79.9. The number of benzene rings is 1. The van der Waals surface area contributed by atoms with E-state index in [2.05, 4.69) is 20.8 Å². The number of carbonyl (C=O) groups excluding carboxylic acids is 1. The van der Waals surface area contributed by atoms with Crippen molar-refractivity contribution in [3.63, 3.8) is 0 Å². The zero-order valence-electron chi connectivity index (χ0n) is 11.7. The molecular weight excluding hydrogens is 316 g/mol. The van der Waals surface area contributed by atoms with Gasteiger partial charge in [0.15, 0.2) is 0 Å². The first-order valence-electron chi connectivity index (χ1n) is 7.53. The third kappa shape index (κ3) is 3.07. The molecule has 0 aromatic heterocycles. The normalized spacial score (nSPS) is 21.4. The molecule has 1 aliphatic carbocycles. The van der Waals surface area contributed by atoms with Gasteiger partial charge in [0.05, 0.1) is 0 Å². The lowest BCUT2D eigenvalue weighted by atomic mass is 10.1. The van der Waals surface area contributed by atoms with Crippen LogP contribution in [0.2, 0.25) is 0 Å². The summed E-state index contributed by atoms with van der Waals surface area (Å²) >= 11 is 3.40. The van der Waals surface area contributed by atoms with Gasteiger partial charge in [-0.15, -0.1) is 0 Å². The van der Waals surface area contributed by atoms with Crippen LogP contribution in [-0.4, -0.2) is 47.9 Å². The van der Waals surface area contributed by atoms with E-state index in [-0.39, 0.29) is 5.91 Å². The van der Waals surface area contributed by atoms with E-state index in [0.29, 0.717) is 0 Å². The summed E-state index contributed by atoms with van der Waals surface area (Å²) in [6.07, 6.45) is 5.45. The van der Waals surface area contributed by atoms with Crippen molar-refractivity contribution in [3.8, 4) is 0 Å². The molecule has 0 bridgehead atoms. The Morgan fingerprint density at radius 2 is 1.60 bits per heavy atom. The third-order valence-electron chi connectivity index (χ3n) is 4.53. The fourth-order valence-electron chi connectivity index (χ4n) is 3.33. The Balaban J connectivity index is 1.57. The maximum atomic E-state index is 12.4. The second-order valence-electron chi connectivity index (χ2n) is 5.77. The zero-order valence-corrected chi connectivity index (χ0v) is 13.3. The summed E-state index contributed by atoms with van der Waals surface area (Å²) in [5.41, 5.74) is 0.794. The first-order valence-corrected chi connectivity index (χ1v) is 8.32. The molecule has 1 aliphatic heterocycles. The van der Waals surface area contributed by atoms with Crippen LogP contribution in [0, 0.1) is 0 Å². The molecule has 0 N–H and O–H groups in total. The van der Waals surface area contributed by atoms with Crippen molar-refractivity contribution in [1.82, 2.24) is 9.80 Å². The minimum atomic E-state index is 0.170. The van der Waals surface area contributed by atoms with Crippen molar-refractivity contribution in [1.29, 1.82) is 0 Å². The summed E-state index contributed by atoms with van der Waals surface area (Å²) in [5.74, 6) is 0.170. The van der Waals surface area contributed by atoms with Crippen molar-refractivity contribution in [2.75, 3.05) is 26.2 Å². The molecule has 20 heavy (non-hydrogen) atoms. The van der Waals surface area contributed by atoms with E-state index in [1.54, 1.807) is 0 Å². The average molecular weight is 337 g/mol. The van der Waals surface area contributed by atoms with E-state index >= 15 is 0 Å². The molecule has 108 valence electrons. The van der Waals surface area contributed by atoms with Crippen LogP contribution in [0.4, 0.5) is 0 Å². The number of amides is 1. The summed E-state index contributed by atoms with van der Waals surface area (Å²) in [6, 6.07) is 8.44. The van der Waals surface area contributed by atoms with Crippen LogP contribution in [-0.2, 0) is 0 Å². The van der Waals surface area contributed by atoms with Gasteiger partial charge in [-0.1, -0.05) is 28.8 Å².